The largest absolute Gasteiger partial charge is 0.381 e. The van der Waals surface area contributed by atoms with Gasteiger partial charge in [0.1, 0.15) is 0 Å². The van der Waals surface area contributed by atoms with E-state index in [1.807, 2.05) is 6.07 Å². The summed E-state index contributed by atoms with van der Waals surface area (Å²) in [7, 11) is 0. The summed E-state index contributed by atoms with van der Waals surface area (Å²) in [5.41, 5.74) is 0. The Bertz CT molecular complexity index is 336. The molecular formula is C13H20ClNOS. The van der Waals surface area contributed by atoms with Crippen LogP contribution in [-0.2, 0) is 11.2 Å². The van der Waals surface area contributed by atoms with Gasteiger partial charge in [-0.2, -0.15) is 0 Å². The van der Waals surface area contributed by atoms with E-state index < -0.39 is 0 Å². The van der Waals surface area contributed by atoms with Gasteiger partial charge in [-0.1, -0.05) is 18.5 Å². The highest BCUT2D eigenvalue weighted by Crippen LogP contribution is 2.26. The minimum Gasteiger partial charge on any atom is -0.381 e. The highest BCUT2D eigenvalue weighted by Gasteiger charge is 2.25. The van der Waals surface area contributed by atoms with E-state index in [0.717, 1.165) is 30.5 Å². The summed E-state index contributed by atoms with van der Waals surface area (Å²) in [6.45, 7) is 5.11. The topological polar surface area (TPSA) is 21.3 Å². The maximum atomic E-state index is 5.98. The number of rotatable bonds is 6. The highest BCUT2D eigenvalue weighted by atomic mass is 35.5. The Morgan fingerprint density at radius 1 is 1.59 bits per heavy atom. The SMILES string of the molecule is CCCNC(Cc1ccc(Cl)s1)C1CCOC1. The normalized spacial score (nSPS) is 21.9. The van der Waals surface area contributed by atoms with E-state index in [1.54, 1.807) is 11.3 Å². The summed E-state index contributed by atoms with van der Waals surface area (Å²) >= 11 is 7.67. The second-order valence-electron chi connectivity index (χ2n) is 4.59. The monoisotopic (exact) mass is 273 g/mol. The third-order valence-electron chi connectivity index (χ3n) is 3.24. The Morgan fingerprint density at radius 2 is 2.47 bits per heavy atom. The molecule has 0 amide bonds. The predicted molar refractivity (Wildman–Crippen MR) is 74.0 cm³/mol. The Morgan fingerprint density at radius 3 is 3.06 bits per heavy atom. The van der Waals surface area contributed by atoms with Crippen LogP contribution in [0.3, 0.4) is 0 Å². The molecule has 2 unspecified atom stereocenters. The lowest BCUT2D eigenvalue weighted by atomic mass is 9.95. The zero-order valence-corrected chi connectivity index (χ0v) is 11.8. The van der Waals surface area contributed by atoms with Crippen molar-refractivity contribution < 1.29 is 4.74 Å². The summed E-state index contributed by atoms with van der Waals surface area (Å²) in [4.78, 5) is 1.37. The van der Waals surface area contributed by atoms with Gasteiger partial charge in [0.2, 0.25) is 0 Å². The third kappa shape index (κ3) is 3.95. The van der Waals surface area contributed by atoms with Crippen molar-refractivity contribution in [2.75, 3.05) is 19.8 Å². The third-order valence-corrected chi connectivity index (χ3v) is 4.49. The van der Waals surface area contributed by atoms with Crippen LogP contribution < -0.4 is 5.32 Å². The summed E-state index contributed by atoms with van der Waals surface area (Å²) < 4.78 is 6.38. The lowest BCUT2D eigenvalue weighted by Crippen LogP contribution is -2.38. The maximum absolute atomic E-state index is 5.98. The summed E-state index contributed by atoms with van der Waals surface area (Å²) in [6, 6.07) is 4.67. The van der Waals surface area contributed by atoms with Gasteiger partial charge in [0.15, 0.2) is 0 Å². The molecule has 0 saturated carbocycles. The van der Waals surface area contributed by atoms with Crippen molar-refractivity contribution in [3.8, 4) is 0 Å². The van der Waals surface area contributed by atoms with Gasteiger partial charge in [0, 0.05) is 23.4 Å². The molecular weight excluding hydrogens is 254 g/mol. The Kier molecular flexibility index (Phi) is 5.29. The molecule has 0 spiro atoms. The molecule has 1 aromatic heterocycles. The van der Waals surface area contributed by atoms with Crippen molar-refractivity contribution in [2.45, 2.75) is 32.2 Å². The van der Waals surface area contributed by atoms with Crippen molar-refractivity contribution in [3.63, 3.8) is 0 Å². The van der Waals surface area contributed by atoms with Gasteiger partial charge < -0.3 is 10.1 Å². The average Bonchev–Trinajstić information content (AvgIpc) is 2.95. The second-order valence-corrected chi connectivity index (χ2v) is 6.39. The number of thiophene rings is 1. The summed E-state index contributed by atoms with van der Waals surface area (Å²) in [6.07, 6.45) is 3.43. The van der Waals surface area contributed by atoms with Crippen LogP contribution >= 0.6 is 22.9 Å². The van der Waals surface area contributed by atoms with Gasteiger partial charge in [-0.25, -0.2) is 0 Å². The minimum atomic E-state index is 0.534. The van der Waals surface area contributed by atoms with Crippen LogP contribution in [0.5, 0.6) is 0 Å². The Labute approximate surface area is 112 Å². The van der Waals surface area contributed by atoms with Crippen molar-refractivity contribution in [1.82, 2.24) is 5.32 Å². The Hall–Kier alpha value is -0.0900. The van der Waals surface area contributed by atoms with E-state index in [-0.39, 0.29) is 0 Å². The van der Waals surface area contributed by atoms with Gasteiger partial charge in [0.05, 0.1) is 10.9 Å². The van der Waals surface area contributed by atoms with E-state index in [9.17, 15) is 0 Å². The smallest absolute Gasteiger partial charge is 0.0931 e. The van der Waals surface area contributed by atoms with E-state index in [1.165, 1.54) is 17.7 Å². The fourth-order valence-corrected chi connectivity index (χ4v) is 3.43. The van der Waals surface area contributed by atoms with Crippen LogP contribution in [0, 0.1) is 5.92 Å². The molecule has 2 nitrogen and oxygen atoms in total. The van der Waals surface area contributed by atoms with Crippen molar-refractivity contribution in [2.24, 2.45) is 5.92 Å². The van der Waals surface area contributed by atoms with Gasteiger partial charge in [-0.05, 0) is 37.9 Å². The minimum absolute atomic E-state index is 0.534. The second kappa shape index (κ2) is 6.74. The lowest BCUT2D eigenvalue weighted by molar-refractivity contribution is 0.176. The fraction of sp³-hybridized carbons (Fsp3) is 0.692. The first-order chi connectivity index (χ1) is 8.29. The molecule has 17 heavy (non-hydrogen) atoms. The number of ether oxygens (including phenoxy) is 1. The highest BCUT2D eigenvalue weighted by molar-refractivity contribution is 7.16. The number of halogens is 1. The summed E-state index contributed by atoms with van der Waals surface area (Å²) in [5.74, 6) is 0.655. The molecule has 0 aliphatic carbocycles. The molecule has 1 aromatic rings. The van der Waals surface area contributed by atoms with Gasteiger partial charge >= 0.3 is 0 Å². The van der Waals surface area contributed by atoms with Crippen LogP contribution in [0.15, 0.2) is 12.1 Å². The van der Waals surface area contributed by atoms with Gasteiger partial charge in [-0.3, -0.25) is 0 Å². The molecule has 0 aromatic carbocycles. The first kappa shape index (κ1) is 13.3. The quantitative estimate of drug-likeness (QED) is 0.858. The standard InChI is InChI=1S/C13H20ClNOS/c1-2-6-15-12(10-5-7-16-9-10)8-11-3-4-13(14)17-11/h3-4,10,12,15H,2,5-9H2,1H3. The van der Waals surface area contributed by atoms with Gasteiger partial charge in [-0.15, -0.1) is 11.3 Å². The zero-order valence-electron chi connectivity index (χ0n) is 10.2. The molecule has 4 heteroatoms. The van der Waals surface area contributed by atoms with Crippen LogP contribution in [0.2, 0.25) is 4.34 Å². The number of nitrogens with one attached hydrogen (secondary N) is 1. The molecule has 1 fully saturated rings. The van der Waals surface area contributed by atoms with Crippen LogP contribution in [0.1, 0.15) is 24.6 Å². The van der Waals surface area contributed by atoms with Crippen LogP contribution in [0.25, 0.3) is 0 Å². The van der Waals surface area contributed by atoms with E-state index >= 15 is 0 Å². The number of hydrogen-bond donors (Lipinski definition) is 1. The molecule has 2 heterocycles. The van der Waals surface area contributed by atoms with Crippen LogP contribution in [0.4, 0.5) is 0 Å². The molecule has 2 atom stereocenters. The van der Waals surface area contributed by atoms with Crippen molar-refractivity contribution >= 4 is 22.9 Å². The van der Waals surface area contributed by atoms with Gasteiger partial charge in [0.25, 0.3) is 0 Å². The lowest BCUT2D eigenvalue weighted by Gasteiger charge is -2.23. The molecule has 0 radical (unpaired) electrons. The summed E-state index contributed by atoms with van der Waals surface area (Å²) in [5, 5.41) is 3.65. The average molecular weight is 274 g/mol. The molecule has 1 aliphatic rings. The fourth-order valence-electron chi connectivity index (χ4n) is 2.28. The molecule has 1 aliphatic heterocycles. The first-order valence-corrected chi connectivity index (χ1v) is 7.54. The van der Waals surface area contributed by atoms with E-state index in [4.69, 9.17) is 16.3 Å². The van der Waals surface area contributed by atoms with Crippen molar-refractivity contribution in [1.29, 1.82) is 0 Å². The maximum Gasteiger partial charge on any atom is 0.0931 e. The molecule has 96 valence electrons. The molecule has 1 saturated heterocycles. The molecule has 1 N–H and O–H groups in total. The predicted octanol–water partition coefficient (Wildman–Crippen LogP) is 3.35. The molecule has 0 bridgehead atoms. The zero-order chi connectivity index (χ0) is 12.1. The van der Waals surface area contributed by atoms with Crippen molar-refractivity contribution in [3.05, 3.63) is 21.3 Å². The first-order valence-electron chi connectivity index (χ1n) is 6.35. The van der Waals surface area contributed by atoms with Crippen LogP contribution in [-0.4, -0.2) is 25.8 Å². The molecule has 2 rings (SSSR count). The van der Waals surface area contributed by atoms with E-state index in [2.05, 4.69) is 18.3 Å². The van der Waals surface area contributed by atoms with E-state index in [0.29, 0.717) is 12.0 Å². The Balaban J connectivity index is 1.94. The number of hydrogen-bond acceptors (Lipinski definition) is 3.